The summed E-state index contributed by atoms with van der Waals surface area (Å²) in [7, 11) is 0. The van der Waals surface area contributed by atoms with Crippen LogP contribution in [0.1, 0.15) is 11.1 Å². The van der Waals surface area contributed by atoms with Crippen molar-refractivity contribution in [1.29, 1.82) is 0 Å². The van der Waals surface area contributed by atoms with E-state index in [9.17, 15) is 9.18 Å². The summed E-state index contributed by atoms with van der Waals surface area (Å²) < 4.78 is 15.0. The van der Waals surface area contributed by atoms with Crippen molar-refractivity contribution in [3.05, 3.63) is 71.8 Å². The molecule has 1 amide bonds. The highest BCUT2D eigenvalue weighted by Crippen LogP contribution is 2.09. The molecule has 0 aliphatic heterocycles. The van der Waals surface area contributed by atoms with Gasteiger partial charge in [0.1, 0.15) is 12.1 Å². The van der Waals surface area contributed by atoms with Crippen molar-refractivity contribution in [2.24, 2.45) is 0 Å². The molecule has 3 aromatic rings. The number of tetrazole rings is 1. The van der Waals surface area contributed by atoms with Gasteiger partial charge < -0.3 is 5.32 Å². The fraction of sp³-hybridized carbons (Fsp3) is 0.176. The Labute approximate surface area is 138 Å². The van der Waals surface area contributed by atoms with Gasteiger partial charge in [-0.05, 0) is 46.2 Å². The quantitative estimate of drug-likeness (QED) is 0.749. The lowest BCUT2D eigenvalue weighted by Gasteiger charge is -2.07. The Bertz CT molecular complexity index is 802. The number of carbonyl (C=O) groups is 1. The minimum absolute atomic E-state index is 0.0958. The van der Waals surface area contributed by atoms with Crippen LogP contribution in [0, 0.1) is 5.82 Å². The van der Waals surface area contributed by atoms with Gasteiger partial charge in [0.15, 0.2) is 0 Å². The number of carbonyl (C=O) groups excluding carboxylic acids is 1. The molecule has 0 radical (unpaired) electrons. The zero-order chi connectivity index (χ0) is 16.8. The highest BCUT2D eigenvalue weighted by Gasteiger charge is 2.05. The third-order valence-corrected chi connectivity index (χ3v) is 3.59. The number of halogens is 1. The lowest BCUT2D eigenvalue weighted by Crippen LogP contribution is -2.27. The van der Waals surface area contributed by atoms with Gasteiger partial charge in [0, 0.05) is 6.54 Å². The summed E-state index contributed by atoms with van der Waals surface area (Å²) in [5, 5.41) is 13.8. The molecule has 0 bridgehead atoms. The Balaban J connectivity index is 1.49. The number of aromatic nitrogens is 4. The Morgan fingerprint density at radius 3 is 2.62 bits per heavy atom. The molecule has 0 unspecified atom stereocenters. The van der Waals surface area contributed by atoms with Crippen LogP contribution in [0.5, 0.6) is 0 Å². The lowest BCUT2D eigenvalue weighted by molar-refractivity contribution is -0.120. The second kappa shape index (κ2) is 7.45. The zero-order valence-corrected chi connectivity index (χ0v) is 12.9. The lowest BCUT2D eigenvalue weighted by atomic mass is 10.1. The van der Waals surface area contributed by atoms with Crippen LogP contribution >= 0.6 is 0 Å². The zero-order valence-electron chi connectivity index (χ0n) is 12.9. The maximum Gasteiger partial charge on any atom is 0.224 e. The molecule has 0 fully saturated rings. The van der Waals surface area contributed by atoms with Crippen LogP contribution in [-0.2, 0) is 17.6 Å². The van der Waals surface area contributed by atoms with Crippen molar-refractivity contribution in [3.63, 3.8) is 0 Å². The van der Waals surface area contributed by atoms with Gasteiger partial charge in [-0.15, -0.1) is 5.10 Å². The standard InChI is InChI=1S/C17H16FN5O/c18-16-4-2-1-3-14(16)9-10-19-17(24)11-13-5-7-15(8-6-13)23-12-20-21-22-23/h1-8,12H,9-11H2,(H,19,24). The number of nitrogens with zero attached hydrogens (tertiary/aromatic N) is 4. The SMILES string of the molecule is O=C(Cc1ccc(-n2cnnn2)cc1)NCCc1ccccc1F. The van der Waals surface area contributed by atoms with E-state index >= 15 is 0 Å². The van der Waals surface area contributed by atoms with Crippen LogP contribution in [0.3, 0.4) is 0 Å². The molecule has 0 aliphatic carbocycles. The van der Waals surface area contributed by atoms with Gasteiger partial charge in [-0.3, -0.25) is 4.79 Å². The minimum Gasteiger partial charge on any atom is -0.355 e. The summed E-state index contributed by atoms with van der Waals surface area (Å²) in [6.07, 6.45) is 2.24. The molecule has 3 rings (SSSR count). The molecule has 2 aromatic carbocycles. The van der Waals surface area contributed by atoms with Crippen molar-refractivity contribution >= 4 is 5.91 Å². The van der Waals surface area contributed by atoms with E-state index in [0.29, 0.717) is 18.5 Å². The average molecular weight is 325 g/mol. The minimum atomic E-state index is -0.245. The first-order valence-electron chi connectivity index (χ1n) is 7.55. The summed E-state index contributed by atoms with van der Waals surface area (Å²) in [6, 6.07) is 14.0. The smallest absolute Gasteiger partial charge is 0.224 e. The largest absolute Gasteiger partial charge is 0.355 e. The van der Waals surface area contributed by atoms with Crippen molar-refractivity contribution in [2.45, 2.75) is 12.8 Å². The molecule has 1 N–H and O–H groups in total. The summed E-state index contributed by atoms with van der Waals surface area (Å²) in [5.74, 6) is -0.341. The van der Waals surface area contributed by atoms with Gasteiger partial charge in [-0.2, -0.15) is 0 Å². The van der Waals surface area contributed by atoms with Gasteiger partial charge in [0.2, 0.25) is 5.91 Å². The fourth-order valence-corrected chi connectivity index (χ4v) is 2.33. The molecule has 7 heteroatoms. The van der Waals surface area contributed by atoms with E-state index in [4.69, 9.17) is 0 Å². The molecule has 0 atom stereocenters. The first-order valence-corrected chi connectivity index (χ1v) is 7.55. The normalized spacial score (nSPS) is 10.5. The van der Waals surface area contributed by atoms with Crippen molar-refractivity contribution in [1.82, 2.24) is 25.5 Å². The Kier molecular flexibility index (Phi) is 4.90. The first-order chi connectivity index (χ1) is 11.7. The number of rotatable bonds is 6. The predicted octanol–water partition coefficient (Wildman–Crippen LogP) is 1.70. The van der Waals surface area contributed by atoms with Crippen LogP contribution < -0.4 is 5.32 Å². The molecule has 0 saturated carbocycles. The Morgan fingerprint density at radius 1 is 1.12 bits per heavy atom. The molecule has 0 aliphatic rings. The Morgan fingerprint density at radius 2 is 1.92 bits per heavy atom. The van der Waals surface area contributed by atoms with Gasteiger partial charge in [0.05, 0.1) is 12.1 Å². The van der Waals surface area contributed by atoms with Crippen LogP contribution in [0.25, 0.3) is 5.69 Å². The topological polar surface area (TPSA) is 72.7 Å². The molecule has 6 nitrogen and oxygen atoms in total. The van der Waals surface area contributed by atoms with Crippen molar-refractivity contribution in [3.8, 4) is 5.69 Å². The third-order valence-electron chi connectivity index (χ3n) is 3.59. The van der Waals surface area contributed by atoms with Crippen LogP contribution in [0.2, 0.25) is 0 Å². The van der Waals surface area contributed by atoms with Gasteiger partial charge in [-0.1, -0.05) is 30.3 Å². The second-order valence-electron chi connectivity index (χ2n) is 5.29. The molecular weight excluding hydrogens is 309 g/mol. The van der Waals surface area contributed by atoms with E-state index in [1.54, 1.807) is 18.2 Å². The average Bonchev–Trinajstić information content (AvgIpc) is 3.12. The highest BCUT2D eigenvalue weighted by atomic mass is 19.1. The summed E-state index contributed by atoms with van der Waals surface area (Å²) in [4.78, 5) is 12.0. The molecule has 1 heterocycles. The maximum atomic E-state index is 13.5. The van der Waals surface area contributed by atoms with Crippen LogP contribution in [0.15, 0.2) is 54.9 Å². The Hall–Kier alpha value is -3.09. The monoisotopic (exact) mass is 325 g/mol. The van der Waals surface area contributed by atoms with Gasteiger partial charge >= 0.3 is 0 Å². The van der Waals surface area contributed by atoms with E-state index in [0.717, 1.165) is 11.3 Å². The number of benzene rings is 2. The highest BCUT2D eigenvalue weighted by molar-refractivity contribution is 5.78. The van der Waals surface area contributed by atoms with Crippen molar-refractivity contribution in [2.75, 3.05) is 6.54 Å². The summed E-state index contributed by atoms with van der Waals surface area (Å²) in [6.45, 7) is 0.405. The second-order valence-corrected chi connectivity index (χ2v) is 5.29. The number of nitrogens with one attached hydrogen (secondary N) is 1. The van der Waals surface area contributed by atoms with E-state index in [1.807, 2.05) is 24.3 Å². The summed E-state index contributed by atoms with van der Waals surface area (Å²) in [5.41, 5.74) is 2.31. The number of hydrogen-bond acceptors (Lipinski definition) is 4. The molecular formula is C17H16FN5O. The van der Waals surface area contributed by atoms with E-state index in [2.05, 4.69) is 20.8 Å². The number of hydrogen-bond donors (Lipinski definition) is 1. The molecule has 122 valence electrons. The van der Waals surface area contributed by atoms with Gasteiger partial charge in [0.25, 0.3) is 0 Å². The molecule has 0 spiro atoms. The fourth-order valence-electron chi connectivity index (χ4n) is 2.33. The number of amides is 1. The van der Waals surface area contributed by atoms with E-state index in [1.165, 1.54) is 17.1 Å². The van der Waals surface area contributed by atoms with Gasteiger partial charge in [-0.25, -0.2) is 9.07 Å². The maximum absolute atomic E-state index is 13.5. The van der Waals surface area contributed by atoms with Crippen molar-refractivity contribution < 1.29 is 9.18 Å². The van der Waals surface area contributed by atoms with Crippen LogP contribution in [0.4, 0.5) is 4.39 Å². The summed E-state index contributed by atoms with van der Waals surface area (Å²) >= 11 is 0. The predicted molar refractivity (Wildman–Crippen MR) is 86.0 cm³/mol. The first kappa shape index (κ1) is 15.8. The third kappa shape index (κ3) is 4.01. The molecule has 24 heavy (non-hydrogen) atoms. The molecule has 1 aromatic heterocycles. The van der Waals surface area contributed by atoms with E-state index < -0.39 is 0 Å². The van der Waals surface area contributed by atoms with Crippen LogP contribution in [-0.4, -0.2) is 32.7 Å². The van der Waals surface area contributed by atoms with E-state index in [-0.39, 0.29) is 18.1 Å². The molecule has 0 saturated heterocycles.